The zero-order valence-electron chi connectivity index (χ0n) is 16.0. The first-order valence-corrected chi connectivity index (χ1v) is 8.75. The third kappa shape index (κ3) is 5.78. The lowest BCUT2D eigenvalue weighted by molar-refractivity contribution is -0.142. The van der Waals surface area contributed by atoms with Crippen molar-refractivity contribution in [3.8, 4) is 6.07 Å². The number of carbonyl (C=O) groups excluding carboxylic acids is 2. The van der Waals surface area contributed by atoms with Crippen LogP contribution in [0.2, 0.25) is 0 Å². The molecule has 0 radical (unpaired) electrons. The minimum Gasteiger partial charge on any atom is -0.451 e. The number of hydrogen-bond donors (Lipinski definition) is 1. The minimum atomic E-state index is -0.902. The third-order valence-electron chi connectivity index (χ3n) is 4.04. The third-order valence-corrected chi connectivity index (χ3v) is 4.04. The van der Waals surface area contributed by atoms with E-state index in [1.807, 2.05) is 12.1 Å². The van der Waals surface area contributed by atoms with Gasteiger partial charge in [-0.2, -0.15) is 5.26 Å². The highest BCUT2D eigenvalue weighted by Crippen LogP contribution is 2.17. The molecule has 0 atom stereocenters. The largest absolute Gasteiger partial charge is 0.451 e. The number of hydrogen-bond acceptors (Lipinski definition) is 4. The number of anilines is 1. The molecule has 0 saturated carbocycles. The van der Waals surface area contributed by atoms with Crippen LogP contribution in [0.1, 0.15) is 36.5 Å². The summed E-state index contributed by atoms with van der Waals surface area (Å²) in [6.07, 6.45) is 1.40. The van der Waals surface area contributed by atoms with Crippen molar-refractivity contribution in [2.24, 2.45) is 0 Å². The molecule has 0 bridgehead atoms. The molecule has 0 aliphatic rings. The molecule has 0 saturated heterocycles. The number of nitrogens with one attached hydrogen (secondary N) is 1. The number of ether oxygens (including phenoxy) is 1. The van der Waals surface area contributed by atoms with Crippen molar-refractivity contribution in [3.63, 3.8) is 0 Å². The van der Waals surface area contributed by atoms with Crippen LogP contribution in [0.3, 0.4) is 0 Å². The van der Waals surface area contributed by atoms with E-state index in [0.717, 1.165) is 5.56 Å². The molecule has 1 amide bonds. The van der Waals surface area contributed by atoms with Gasteiger partial charge in [-0.25, -0.2) is 9.18 Å². The molecule has 2 rings (SSSR count). The summed E-state index contributed by atoms with van der Waals surface area (Å²) in [5.74, 6) is -1.61. The van der Waals surface area contributed by atoms with Gasteiger partial charge in [0.05, 0.1) is 0 Å². The van der Waals surface area contributed by atoms with Crippen molar-refractivity contribution in [3.05, 3.63) is 70.5 Å². The Labute approximate surface area is 163 Å². The average Bonchev–Trinajstić information content (AvgIpc) is 2.67. The van der Waals surface area contributed by atoms with Gasteiger partial charge in [0, 0.05) is 5.69 Å². The molecule has 0 aliphatic heterocycles. The van der Waals surface area contributed by atoms with Gasteiger partial charge in [-0.15, -0.1) is 0 Å². The van der Waals surface area contributed by atoms with E-state index in [-0.39, 0.29) is 11.3 Å². The Kier molecular flexibility index (Phi) is 7.05. The number of halogens is 1. The predicted molar refractivity (Wildman–Crippen MR) is 105 cm³/mol. The summed E-state index contributed by atoms with van der Waals surface area (Å²) in [4.78, 5) is 23.9. The number of rotatable bonds is 6. The lowest BCUT2D eigenvalue weighted by Gasteiger charge is -2.07. The molecular weight excluding hydrogens is 359 g/mol. The van der Waals surface area contributed by atoms with Crippen LogP contribution < -0.4 is 5.32 Å². The highest BCUT2D eigenvalue weighted by atomic mass is 19.1. The summed E-state index contributed by atoms with van der Waals surface area (Å²) < 4.78 is 18.4. The fourth-order valence-electron chi connectivity index (χ4n) is 2.36. The quantitative estimate of drug-likeness (QED) is 0.459. The Balaban J connectivity index is 1.96. The van der Waals surface area contributed by atoms with Crippen molar-refractivity contribution >= 4 is 23.6 Å². The molecule has 0 heterocycles. The van der Waals surface area contributed by atoms with E-state index < -0.39 is 24.3 Å². The van der Waals surface area contributed by atoms with Gasteiger partial charge in [-0.1, -0.05) is 44.2 Å². The molecule has 0 fully saturated rings. The SMILES string of the molecule is Cc1ccc(NC(=O)COC(=O)/C(C#N)=C/c2ccc(C(C)C)cc2)cc1F. The summed E-state index contributed by atoms with van der Waals surface area (Å²) in [7, 11) is 0. The standard InChI is InChI=1S/C22H21FN2O3/c1-14(2)17-7-5-16(6-8-17)10-18(12-24)22(27)28-13-21(26)25-19-9-4-15(3)20(23)11-19/h4-11,14H,13H2,1-3H3,(H,25,26)/b18-10+. The number of benzene rings is 2. The minimum absolute atomic E-state index is 0.216. The Hall–Kier alpha value is -3.46. The lowest BCUT2D eigenvalue weighted by Crippen LogP contribution is -2.21. The number of carbonyl (C=O) groups is 2. The lowest BCUT2D eigenvalue weighted by atomic mass is 10.0. The van der Waals surface area contributed by atoms with Crippen LogP contribution in [0, 0.1) is 24.1 Å². The number of amides is 1. The molecule has 2 aromatic rings. The second-order valence-electron chi connectivity index (χ2n) is 6.58. The van der Waals surface area contributed by atoms with Crippen LogP contribution >= 0.6 is 0 Å². The summed E-state index contributed by atoms with van der Waals surface area (Å²) in [5, 5.41) is 11.6. The summed E-state index contributed by atoms with van der Waals surface area (Å²) >= 11 is 0. The summed E-state index contributed by atoms with van der Waals surface area (Å²) in [6, 6.07) is 13.5. The molecule has 6 heteroatoms. The number of aryl methyl sites for hydroxylation is 1. The van der Waals surface area contributed by atoms with Crippen molar-refractivity contribution in [2.45, 2.75) is 26.7 Å². The summed E-state index contributed by atoms with van der Waals surface area (Å²) in [5.41, 5.74) is 2.31. The van der Waals surface area contributed by atoms with Gasteiger partial charge in [0.1, 0.15) is 17.5 Å². The van der Waals surface area contributed by atoms with Crippen molar-refractivity contribution in [1.82, 2.24) is 0 Å². The van der Waals surface area contributed by atoms with Gasteiger partial charge in [-0.05, 0) is 47.7 Å². The average molecular weight is 380 g/mol. The van der Waals surface area contributed by atoms with Crippen LogP contribution in [0.25, 0.3) is 6.08 Å². The second-order valence-corrected chi connectivity index (χ2v) is 6.58. The maximum atomic E-state index is 13.5. The second kappa shape index (κ2) is 9.47. The normalized spacial score (nSPS) is 11.1. The van der Waals surface area contributed by atoms with E-state index in [0.29, 0.717) is 17.0 Å². The first-order valence-electron chi connectivity index (χ1n) is 8.75. The van der Waals surface area contributed by atoms with E-state index in [9.17, 15) is 19.2 Å². The van der Waals surface area contributed by atoms with Crippen LogP contribution in [0.5, 0.6) is 0 Å². The first kappa shape index (κ1) is 20.8. The summed E-state index contributed by atoms with van der Waals surface area (Å²) in [6.45, 7) is 5.16. The Bertz CT molecular complexity index is 941. The Morgan fingerprint density at radius 2 is 1.89 bits per heavy atom. The van der Waals surface area contributed by atoms with Gasteiger partial charge >= 0.3 is 5.97 Å². The van der Waals surface area contributed by atoms with Crippen LogP contribution in [0.4, 0.5) is 10.1 Å². The number of nitriles is 1. The molecular formula is C22H21FN2O3. The zero-order valence-corrected chi connectivity index (χ0v) is 16.0. The zero-order chi connectivity index (χ0) is 20.7. The number of esters is 1. The van der Waals surface area contributed by atoms with Crippen LogP contribution in [0.15, 0.2) is 48.0 Å². The van der Waals surface area contributed by atoms with Crippen molar-refractivity contribution in [2.75, 3.05) is 11.9 Å². The van der Waals surface area contributed by atoms with Gasteiger partial charge in [0.25, 0.3) is 5.91 Å². The van der Waals surface area contributed by atoms with Gasteiger partial charge < -0.3 is 10.1 Å². The van der Waals surface area contributed by atoms with Gasteiger partial charge in [0.15, 0.2) is 6.61 Å². The smallest absolute Gasteiger partial charge is 0.349 e. The molecule has 0 unspecified atom stereocenters. The molecule has 0 spiro atoms. The topological polar surface area (TPSA) is 79.2 Å². The molecule has 5 nitrogen and oxygen atoms in total. The van der Waals surface area contributed by atoms with Crippen LogP contribution in [-0.4, -0.2) is 18.5 Å². The maximum Gasteiger partial charge on any atom is 0.349 e. The molecule has 0 aliphatic carbocycles. The Morgan fingerprint density at radius 3 is 2.46 bits per heavy atom. The first-order chi connectivity index (χ1) is 13.3. The molecule has 1 N–H and O–H groups in total. The van der Waals surface area contributed by atoms with E-state index in [1.165, 1.54) is 18.2 Å². The number of nitrogens with zero attached hydrogens (tertiary/aromatic N) is 1. The van der Waals surface area contributed by atoms with Gasteiger partial charge in [0.2, 0.25) is 0 Å². The fraction of sp³-hybridized carbons (Fsp3) is 0.227. The van der Waals surface area contributed by atoms with Crippen molar-refractivity contribution in [1.29, 1.82) is 5.26 Å². The molecule has 28 heavy (non-hydrogen) atoms. The van der Waals surface area contributed by atoms with E-state index in [1.54, 1.807) is 31.2 Å². The van der Waals surface area contributed by atoms with Gasteiger partial charge in [-0.3, -0.25) is 4.79 Å². The predicted octanol–water partition coefficient (Wildman–Crippen LogP) is 4.35. The van der Waals surface area contributed by atoms with E-state index in [2.05, 4.69) is 19.2 Å². The van der Waals surface area contributed by atoms with Crippen LogP contribution in [-0.2, 0) is 14.3 Å². The fourth-order valence-corrected chi connectivity index (χ4v) is 2.36. The maximum absolute atomic E-state index is 13.5. The van der Waals surface area contributed by atoms with Crippen molar-refractivity contribution < 1.29 is 18.7 Å². The molecule has 0 aromatic heterocycles. The molecule has 2 aromatic carbocycles. The highest BCUT2D eigenvalue weighted by Gasteiger charge is 2.14. The Morgan fingerprint density at radius 1 is 1.21 bits per heavy atom. The monoisotopic (exact) mass is 380 g/mol. The molecule has 144 valence electrons. The van der Waals surface area contributed by atoms with E-state index >= 15 is 0 Å². The van der Waals surface area contributed by atoms with E-state index in [4.69, 9.17) is 4.74 Å². The highest BCUT2D eigenvalue weighted by molar-refractivity contribution is 6.00.